The largest absolute Gasteiger partial charge is 0.357 e. The van der Waals surface area contributed by atoms with Gasteiger partial charge in [0.1, 0.15) is 5.82 Å². The van der Waals surface area contributed by atoms with E-state index in [0.717, 1.165) is 55.1 Å². The Kier molecular flexibility index (Phi) is 7.45. The second-order valence-corrected chi connectivity index (χ2v) is 7.95. The van der Waals surface area contributed by atoms with Crippen LogP contribution in [0.25, 0.3) is 0 Å². The molecule has 3 heterocycles. The summed E-state index contributed by atoms with van der Waals surface area (Å²) in [6.07, 6.45) is 8.01. The lowest BCUT2D eigenvalue weighted by molar-refractivity contribution is 0.726. The Balaban J connectivity index is 1.48. The molecule has 1 aliphatic heterocycles. The van der Waals surface area contributed by atoms with Crippen LogP contribution < -0.4 is 15.5 Å². The van der Waals surface area contributed by atoms with E-state index in [2.05, 4.69) is 48.0 Å². The SMILES string of the molecule is CN=C(NCCc1csc(C)n1)NCc1ccnc(N2CCCCCC2)c1. The van der Waals surface area contributed by atoms with Crippen molar-refractivity contribution in [1.82, 2.24) is 20.6 Å². The highest BCUT2D eigenvalue weighted by molar-refractivity contribution is 7.09. The third-order valence-electron chi connectivity index (χ3n) is 4.76. The number of aromatic nitrogens is 2. The number of rotatable bonds is 6. The Hall–Kier alpha value is -2.15. The number of hydrogen-bond donors (Lipinski definition) is 2. The van der Waals surface area contributed by atoms with Gasteiger partial charge >= 0.3 is 0 Å². The third-order valence-corrected chi connectivity index (χ3v) is 5.59. The maximum Gasteiger partial charge on any atom is 0.191 e. The Labute approximate surface area is 166 Å². The number of nitrogens with one attached hydrogen (secondary N) is 2. The Morgan fingerprint density at radius 3 is 2.74 bits per heavy atom. The lowest BCUT2D eigenvalue weighted by atomic mass is 10.2. The number of aryl methyl sites for hydroxylation is 1. The summed E-state index contributed by atoms with van der Waals surface area (Å²) in [6.45, 7) is 5.82. The van der Waals surface area contributed by atoms with Crippen molar-refractivity contribution < 1.29 is 0 Å². The number of guanidine groups is 1. The van der Waals surface area contributed by atoms with Crippen LogP contribution in [0.15, 0.2) is 28.7 Å². The van der Waals surface area contributed by atoms with Crippen LogP contribution in [-0.4, -0.2) is 42.6 Å². The molecule has 2 aromatic rings. The van der Waals surface area contributed by atoms with Gasteiger partial charge in [-0.15, -0.1) is 11.3 Å². The summed E-state index contributed by atoms with van der Waals surface area (Å²) in [4.78, 5) is 15.8. The fourth-order valence-corrected chi connectivity index (χ4v) is 3.93. The van der Waals surface area contributed by atoms with Gasteiger partial charge in [-0.2, -0.15) is 0 Å². The molecule has 27 heavy (non-hydrogen) atoms. The minimum atomic E-state index is 0.735. The Bertz CT molecular complexity index is 734. The maximum absolute atomic E-state index is 4.58. The molecule has 0 aliphatic carbocycles. The van der Waals surface area contributed by atoms with E-state index in [9.17, 15) is 0 Å². The molecule has 0 atom stereocenters. The first-order valence-corrected chi connectivity index (χ1v) is 10.7. The molecule has 1 saturated heterocycles. The molecule has 0 saturated carbocycles. The normalized spacial score (nSPS) is 15.5. The van der Waals surface area contributed by atoms with Crippen molar-refractivity contribution in [1.29, 1.82) is 0 Å². The summed E-state index contributed by atoms with van der Waals surface area (Å²) in [6, 6.07) is 4.27. The first kappa shape index (κ1) is 19.6. The zero-order valence-electron chi connectivity index (χ0n) is 16.4. The van der Waals surface area contributed by atoms with E-state index < -0.39 is 0 Å². The zero-order valence-corrected chi connectivity index (χ0v) is 17.2. The lowest BCUT2D eigenvalue weighted by Gasteiger charge is -2.22. The van der Waals surface area contributed by atoms with Crippen LogP contribution in [0.5, 0.6) is 0 Å². The van der Waals surface area contributed by atoms with Crippen molar-refractivity contribution in [2.24, 2.45) is 4.99 Å². The summed E-state index contributed by atoms with van der Waals surface area (Å²) in [5.41, 5.74) is 2.36. The molecular formula is C20H30N6S. The quantitative estimate of drug-likeness (QED) is 0.590. The minimum Gasteiger partial charge on any atom is -0.357 e. The van der Waals surface area contributed by atoms with E-state index in [1.807, 2.05) is 13.1 Å². The molecule has 1 fully saturated rings. The molecule has 2 aromatic heterocycles. The fraction of sp³-hybridized carbons (Fsp3) is 0.550. The first-order chi connectivity index (χ1) is 13.2. The van der Waals surface area contributed by atoms with Crippen molar-refractivity contribution in [2.45, 2.75) is 45.6 Å². The average Bonchev–Trinajstić information content (AvgIpc) is 2.94. The number of thiazole rings is 1. The summed E-state index contributed by atoms with van der Waals surface area (Å²) < 4.78 is 0. The van der Waals surface area contributed by atoms with Gasteiger partial charge in [0.2, 0.25) is 0 Å². The molecule has 0 amide bonds. The minimum absolute atomic E-state index is 0.735. The van der Waals surface area contributed by atoms with Crippen LogP contribution >= 0.6 is 11.3 Å². The topological polar surface area (TPSA) is 65.4 Å². The summed E-state index contributed by atoms with van der Waals surface area (Å²) in [5, 5.41) is 9.99. The van der Waals surface area contributed by atoms with Crippen LogP contribution in [0, 0.1) is 6.92 Å². The van der Waals surface area contributed by atoms with Gasteiger partial charge < -0.3 is 15.5 Å². The van der Waals surface area contributed by atoms with E-state index in [0.29, 0.717) is 0 Å². The van der Waals surface area contributed by atoms with Crippen LogP contribution in [0.3, 0.4) is 0 Å². The fourth-order valence-electron chi connectivity index (χ4n) is 3.28. The molecule has 0 bridgehead atoms. The number of pyridine rings is 1. The molecule has 2 N–H and O–H groups in total. The summed E-state index contributed by atoms with van der Waals surface area (Å²) in [5.74, 6) is 1.91. The highest BCUT2D eigenvalue weighted by atomic mass is 32.1. The highest BCUT2D eigenvalue weighted by Gasteiger charge is 2.11. The average molecular weight is 387 g/mol. The molecule has 0 unspecified atom stereocenters. The van der Waals surface area contributed by atoms with E-state index in [4.69, 9.17) is 0 Å². The molecule has 146 valence electrons. The van der Waals surface area contributed by atoms with Gasteiger partial charge in [-0.05, 0) is 37.5 Å². The third kappa shape index (κ3) is 6.20. The molecule has 3 rings (SSSR count). The predicted octanol–water partition coefficient (Wildman–Crippen LogP) is 3.13. The van der Waals surface area contributed by atoms with E-state index in [1.54, 1.807) is 18.4 Å². The number of anilines is 1. The smallest absolute Gasteiger partial charge is 0.191 e. The summed E-state index contributed by atoms with van der Waals surface area (Å²) >= 11 is 1.70. The van der Waals surface area contributed by atoms with Crippen molar-refractivity contribution in [2.75, 3.05) is 31.6 Å². The van der Waals surface area contributed by atoms with Gasteiger partial charge in [-0.25, -0.2) is 9.97 Å². The Morgan fingerprint density at radius 1 is 1.22 bits per heavy atom. The first-order valence-electron chi connectivity index (χ1n) is 9.80. The molecule has 0 aromatic carbocycles. The zero-order chi connectivity index (χ0) is 18.9. The van der Waals surface area contributed by atoms with Crippen molar-refractivity contribution in [3.63, 3.8) is 0 Å². The van der Waals surface area contributed by atoms with Crippen LogP contribution in [-0.2, 0) is 13.0 Å². The number of nitrogens with zero attached hydrogens (tertiary/aromatic N) is 4. The van der Waals surface area contributed by atoms with Gasteiger partial charge in [-0.1, -0.05) is 12.8 Å². The van der Waals surface area contributed by atoms with Gasteiger partial charge in [0.15, 0.2) is 5.96 Å². The van der Waals surface area contributed by atoms with E-state index in [-0.39, 0.29) is 0 Å². The lowest BCUT2D eigenvalue weighted by Crippen LogP contribution is -2.38. The standard InChI is InChI=1S/C20H30N6S/c1-16-25-18(15-27-16)8-10-23-20(21-2)24-14-17-7-9-22-19(13-17)26-11-5-3-4-6-12-26/h7,9,13,15H,3-6,8,10-12,14H2,1-2H3,(H2,21,23,24). The van der Waals surface area contributed by atoms with Gasteiger partial charge in [0.25, 0.3) is 0 Å². The maximum atomic E-state index is 4.58. The van der Waals surface area contributed by atoms with Gasteiger partial charge in [-0.3, -0.25) is 4.99 Å². The highest BCUT2D eigenvalue weighted by Crippen LogP contribution is 2.18. The van der Waals surface area contributed by atoms with Crippen molar-refractivity contribution in [3.8, 4) is 0 Å². The molecule has 7 heteroatoms. The van der Waals surface area contributed by atoms with Crippen LogP contribution in [0.2, 0.25) is 0 Å². The van der Waals surface area contributed by atoms with Crippen LogP contribution in [0.1, 0.15) is 41.9 Å². The number of aliphatic imine (C=N–C) groups is 1. The second kappa shape index (κ2) is 10.3. The second-order valence-electron chi connectivity index (χ2n) is 6.88. The number of hydrogen-bond acceptors (Lipinski definition) is 5. The van der Waals surface area contributed by atoms with E-state index in [1.165, 1.54) is 31.2 Å². The monoisotopic (exact) mass is 386 g/mol. The van der Waals surface area contributed by atoms with Crippen molar-refractivity contribution in [3.05, 3.63) is 40.0 Å². The van der Waals surface area contributed by atoms with Crippen LogP contribution in [0.4, 0.5) is 5.82 Å². The Morgan fingerprint density at radius 2 is 2.04 bits per heavy atom. The molecular weight excluding hydrogens is 356 g/mol. The van der Waals surface area contributed by atoms with Crippen molar-refractivity contribution >= 4 is 23.1 Å². The van der Waals surface area contributed by atoms with Gasteiger partial charge in [0, 0.05) is 51.2 Å². The molecule has 0 radical (unpaired) electrons. The summed E-state index contributed by atoms with van der Waals surface area (Å²) in [7, 11) is 1.80. The molecule has 1 aliphatic rings. The molecule has 0 spiro atoms. The molecule has 6 nitrogen and oxygen atoms in total. The van der Waals surface area contributed by atoms with E-state index >= 15 is 0 Å². The predicted molar refractivity (Wildman–Crippen MR) is 114 cm³/mol. The van der Waals surface area contributed by atoms with Gasteiger partial charge in [0.05, 0.1) is 10.7 Å².